The maximum atomic E-state index is 13.4. The molecule has 1 saturated heterocycles. The normalized spacial score (nSPS) is 19.8. The van der Waals surface area contributed by atoms with Gasteiger partial charge in [-0.3, -0.25) is 0 Å². The molecule has 1 fully saturated rings. The van der Waals surface area contributed by atoms with Gasteiger partial charge in [-0.25, -0.2) is 9.18 Å². The molecule has 0 amide bonds. The molecule has 0 aliphatic carbocycles. The highest BCUT2D eigenvalue weighted by Crippen LogP contribution is 2.19. The first-order valence-corrected chi connectivity index (χ1v) is 5.74. The number of hydrogen-bond donors (Lipinski definition) is 0. The SMILES string of the molecule is O=C(OC1CCCO1)c1ccc(Br)cc1F. The van der Waals surface area contributed by atoms with Crippen molar-refractivity contribution in [3.63, 3.8) is 0 Å². The molecule has 16 heavy (non-hydrogen) atoms. The molecule has 1 atom stereocenters. The second-order valence-corrected chi connectivity index (χ2v) is 4.39. The lowest BCUT2D eigenvalue weighted by molar-refractivity contribution is -0.0778. The molecule has 3 nitrogen and oxygen atoms in total. The van der Waals surface area contributed by atoms with Gasteiger partial charge in [0.1, 0.15) is 5.82 Å². The zero-order valence-electron chi connectivity index (χ0n) is 8.41. The summed E-state index contributed by atoms with van der Waals surface area (Å²) < 4.78 is 24.1. The van der Waals surface area contributed by atoms with Crippen molar-refractivity contribution >= 4 is 21.9 Å². The molecule has 0 N–H and O–H groups in total. The molecule has 1 aliphatic heterocycles. The first kappa shape index (κ1) is 11.5. The number of carbonyl (C=O) groups excluding carboxylic acids is 1. The van der Waals surface area contributed by atoms with Gasteiger partial charge >= 0.3 is 5.97 Å². The van der Waals surface area contributed by atoms with E-state index in [1.165, 1.54) is 12.1 Å². The second-order valence-electron chi connectivity index (χ2n) is 3.47. The second kappa shape index (κ2) is 4.93. The van der Waals surface area contributed by atoms with E-state index in [4.69, 9.17) is 9.47 Å². The maximum Gasteiger partial charge on any atom is 0.343 e. The molecule has 0 saturated carbocycles. The number of carbonyl (C=O) groups is 1. The largest absolute Gasteiger partial charge is 0.432 e. The van der Waals surface area contributed by atoms with Gasteiger partial charge in [-0.05, 0) is 24.6 Å². The van der Waals surface area contributed by atoms with Crippen LogP contribution in [0.3, 0.4) is 0 Å². The van der Waals surface area contributed by atoms with Crippen LogP contribution in [0.15, 0.2) is 22.7 Å². The van der Waals surface area contributed by atoms with Crippen LogP contribution in [0.25, 0.3) is 0 Å². The lowest BCUT2D eigenvalue weighted by Gasteiger charge is -2.11. The highest BCUT2D eigenvalue weighted by Gasteiger charge is 2.22. The first-order chi connectivity index (χ1) is 7.66. The Morgan fingerprint density at radius 3 is 3.00 bits per heavy atom. The number of halogens is 2. The van der Waals surface area contributed by atoms with E-state index in [2.05, 4.69) is 15.9 Å². The van der Waals surface area contributed by atoms with Crippen molar-refractivity contribution in [2.75, 3.05) is 6.61 Å². The summed E-state index contributed by atoms with van der Waals surface area (Å²) in [4.78, 5) is 11.6. The van der Waals surface area contributed by atoms with Crippen LogP contribution in [0.5, 0.6) is 0 Å². The summed E-state index contributed by atoms with van der Waals surface area (Å²) in [6, 6.07) is 4.21. The number of benzene rings is 1. The number of ether oxygens (including phenoxy) is 2. The molecule has 0 radical (unpaired) electrons. The average molecular weight is 289 g/mol. The van der Waals surface area contributed by atoms with Crippen molar-refractivity contribution in [2.45, 2.75) is 19.1 Å². The van der Waals surface area contributed by atoms with Crippen LogP contribution >= 0.6 is 15.9 Å². The Kier molecular flexibility index (Phi) is 3.56. The van der Waals surface area contributed by atoms with Crippen LogP contribution < -0.4 is 0 Å². The molecular formula is C11H10BrFO3. The van der Waals surface area contributed by atoms with E-state index in [0.717, 1.165) is 6.42 Å². The maximum absolute atomic E-state index is 13.4. The van der Waals surface area contributed by atoms with Gasteiger partial charge in [0.25, 0.3) is 0 Å². The minimum atomic E-state index is -0.683. The molecule has 1 aromatic rings. The van der Waals surface area contributed by atoms with E-state index in [1.807, 2.05) is 0 Å². The van der Waals surface area contributed by atoms with E-state index in [1.54, 1.807) is 6.07 Å². The van der Waals surface area contributed by atoms with E-state index in [0.29, 0.717) is 17.5 Å². The molecule has 2 rings (SSSR count). The van der Waals surface area contributed by atoms with Crippen molar-refractivity contribution in [2.24, 2.45) is 0 Å². The van der Waals surface area contributed by atoms with E-state index < -0.39 is 18.1 Å². The Bertz CT molecular complexity index is 402. The fraction of sp³-hybridized carbons (Fsp3) is 0.364. The zero-order valence-corrected chi connectivity index (χ0v) is 10.00. The topological polar surface area (TPSA) is 35.5 Å². The standard InChI is InChI=1S/C11H10BrFO3/c12-7-3-4-8(9(13)6-7)11(14)16-10-2-1-5-15-10/h3-4,6,10H,1-2,5H2. The molecule has 1 heterocycles. The van der Waals surface area contributed by atoms with Gasteiger partial charge in [-0.2, -0.15) is 0 Å². The molecule has 0 spiro atoms. The minimum Gasteiger partial charge on any atom is -0.432 e. The Balaban J connectivity index is 2.08. The van der Waals surface area contributed by atoms with Crippen LogP contribution in [-0.4, -0.2) is 18.9 Å². The third kappa shape index (κ3) is 2.59. The summed E-state index contributed by atoms with van der Waals surface area (Å²) in [6.45, 7) is 0.584. The van der Waals surface area contributed by atoms with Gasteiger partial charge in [0.15, 0.2) is 0 Å². The lowest BCUT2D eigenvalue weighted by Crippen LogP contribution is -2.17. The highest BCUT2D eigenvalue weighted by atomic mass is 79.9. The van der Waals surface area contributed by atoms with Crippen LogP contribution in [0, 0.1) is 5.82 Å². The minimum absolute atomic E-state index is 0.0706. The van der Waals surface area contributed by atoms with Crippen molar-refractivity contribution < 1.29 is 18.7 Å². The van der Waals surface area contributed by atoms with Gasteiger partial charge < -0.3 is 9.47 Å². The molecule has 1 aromatic carbocycles. The summed E-state index contributed by atoms with van der Waals surface area (Å²) >= 11 is 3.12. The van der Waals surface area contributed by atoms with Gasteiger partial charge in [0.2, 0.25) is 6.29 Å². The van der Waals surface area contributed by atoms with Crippen molar-refractivity contribution in [3.8, 4) is 0 Å². The molecule has 0 bridgehead atoms. The molecule has 86 valence electrons. The van der Waals surface area contributed by atoms with Crippen LogP contribution in [0.2, 0.25) is 0 Å². The Morgan fingerprint density at radius 2 is 2.38 bits per heavy atom. The predicted molar refractivity (Wildman–Crippen MR) is 58.5 cm³/mol. The monoisotopic (exact) mass is 288 g/mol. The molecule has 0 aromatic heterocycles. The van der Waals surface area contributed by atoms with Crippen LogP contribution in [0.1, 0.15) is 23.2 Å². The summed E-state index contributed by atoms with van der Waals surface area (Å²) in [5, 5.41) is 0. The molecule has 5 heteroatoms. The summed E-state index contributed by atoms with van der Waals surface area (Å²) in [5.41, 5.74) is -0.0706. The smallest absolute Gasteiger partial charge is 0.343 e. The molecule has 1 unspecified atom stereocenters. The molecular weight excluding hydrogens is 279 g/mol. The molecule has 1 aliphatic rings. The summed E-state index contributed by atoms with van der Waals surface area (Å²) in [5.74, 6) is -1.28. The Morgan fingerprint density at radius 1 is 1.56 bits per heavy atom. The van der Waals surface area contributed by atoms with Crippen molar-refractivity contribution in [1.29, 1.82) is 0 Å². The zero-order chi connectivity index (χ0) is 11.5. The van der Waals surface area contributed by atoms with Gasteiger partial charge in [-0.15, -0.1) is 0 Å². The van der Waals surface area contributed by atoms with Crippen molar-refractivity contribution in [3.05, 3.63) is 34.1 Å². The van der Waals surface area contributed by atoms with Crippen molar-refractivity contribution in [1.82, 2.24) is 0 Å². The fourth-order valence-electron chi connectivity index (χ4n) is 1.48. The third-order valence-corrected chi connectivity index (χ3v) is 2.77. The van der Waals surface area contributed by atoms with Gasteiger partial charge in [0.05, 0.1) is 12.2 Å². The van der Waals surface area contributed by atoms with E-state index in [9.17, 15) is 9.18 Å². The van der Waals surface area contributed by atoms with E-state index in [-0.39, 0.29) is 5.56 Å². The first-order valence-electron chi connectivity index (χ1n) is 4.94. The van der Waals surface area contributed by atoms with Crippen LogP contribution in [0.4, 0.5) is 4.39 Å². The third-order valence-electron chi connectivity index (χ3n) is 2.28. The van der Waals surface area contributed by atoms with Gasteiger partial charge in [0, 0.05) is 10.9 Å². The highest BCUT2D eigenvalue weighted by molar-refractivity contribution is 9.10. The van der Waals surface area contributed by atoms with E-state index >= 15 is 0 Å². The fourth-order valence-corrected chi connectivity index (χ4v) is 1.81. The predicted octanol–water partition coefficient (Wildman–Crippen LogP) is 2.88. The Hall–Kier alpha value is -0.940. The quantitative estimate of drug-likeness (QED) is 0.785. The average Bonchev–Trinajstić information content (AvgIpc) is 2.70. The Labute approximate surface area is 101 Å². The summed E-state index contributed by atoms with van der Waals surface area (Å²) in [7, 11) is 0. The van der Waals surface area contributed by atoms with Gasteiger partial charge in [-0.1, -0.05) is 15.9 Å². The number of esters is 1. The number of rotatable bonds is 2. The lowest BCUT2D eigenvalue weighted by atomic mass is 10.2. The summed E-state index contributed by atoms with van der Waals surface area (Å²) in [6.07, 6.45) is 1.00. The number of hydrogen-bond acceptors (Lipinski definition) is 3. The van der Waals surface area contributed by atoms with Crippen LogP contribution in [-0.2, 0) is 9.47 Å².